The van der Waals surface area contributed by atoms with Crippen molar-refractivity contribution in [2.75, 3.05) is 14.9 Å². The number of halogens is 1. The molecule has 0 bridgehead atoms. The smallest absolute Gasteiger partial charge is 0.265 e. The van der Waals surface area contributed by atoms with E-state index in [1.165, 1.54) is 6.07 Å². The summed E-state index contributed by atoms with van der Waals surface area (Å²) >= 11 is 6.25. The van der Waals surface area contributed by atoms with Crippen LogP contribution in [0.5, 0.6) is 0 Å². The zero-order chi connectivity index (χ0) is 31.6. The highest BCUT2D eigenvalue weighted by molar-refractivity contribution is 7.93. The van der Waals surface area contributed by atoms with Gasteiger partial charge in [0.15, 0.2) is 0 Å². The maximum atomic E-state index is 14.3. The lowest BCUT2D eigenvalue weighted by molar-refractivity contribution is -0.127. The number of nitrogens with zero attached hydrogens (tertiary/aromatic N) is 1. The second-order valence-electron chi connectivity index (χ2n) is 10.7. The van der Waals surface area contributed by atoms with Gasteiger partial charge in [-0.25, -0.2) is 8.42 Å². The van der Waals surface area contributed by atoms with Crippen LogP contribution in [0.2, 0.25) is 5.02 Å². The van der Waals surface area contributed by atoms with E-state index in [9.17, 15) is 22.8 Å². The van der Waals surface area contributed by atoms with Gasteiger partial charge in [-0.1, -0.05) is 54.1 Å². The van der Waals surface area contributed by atoms with Crippen LogP contribution in [0.15, 0.2) is 95.9 Å². The van der Waals surface area contributed by atoms with Crippen molar-refractivity contribution >= 4 is 56.4 Å². The van der Waals surface area contributed by atoms with E-state index in [0.717, 1.165) is 9.87 Å². The summed E-state index contributed by atoms with van der Waals surface area (Å²) in [6.45, 7) is 3.32. The number of hydrogen-bond acceptors (Lipinski definition) is 5. The van der Waals surface area contributed by atoms with Crippen LogP contribution >= 0.6 is 11.6 Å². The number of nitrogens with two attached hydrogens (primary N) is 1. The SMILES string of the molecule is Cc1cc(S(=O)(=O)N2c3ccccc3NC(=O)C2C(CCc2ccc(NC(=O)c3ccccc3)cc2)C(N)=O)c(C)cc1Cl. The maximum absolute atomic E-state index is 14.3. The first kappa shape index (κ1) is 30.8. The number of nitrogens with one attached hydrogen (secondary N) is 2. The van der Waals surface area contributed by atoms with Crippen LogP contribution in [0.1, 0.15) is 33.5 Å². The molecule has 4 aromatic carbocycles. The summed E-state index contributed by atoms with van der Waals surface area (Å²) in [4.78, 5) is 39.0. The molecular weight excluding hydrogens is 600 g/mol. The van der Waals surface area contributed by atoms with Gasteiger partial charge in [-0.3, -0.25) is 18.7 Å². The summed E-state index contributed by atoms with van der Waals surface area (Å²) in [5, 5.41) is 6.01. The number of carbonyl (C=O) groups excluding carboxylic acids is 3. The number of para-hydroxylation sites is 2. The number of fused-ring (bicyclic) bond motifs is 1. The predicted molar refractivity (Wildman–Crippen MR) is 171 cm³/mol. The molecule has 226 valence electrons. The van der Waals surface area contributed by atoms with Crippen molar-refractivity contribution in [3.8, 4) is 0 Å². The number of benzene rings is 4. The Labute approximate surface area is 261 Å². The number of aryl methyl sites for hydroxylation is 3. The Kier molecular flexibility index (Phi) is 8.75. The quantitative estimate of drug-likeness (QED) is 0.225. The number of hydrogen-bond donors (Lipinski definition) is 3. The van der Waals surface area contributed by atoms with Crippen molar-refractivity contribution in [3.63, 3.8) is 0 Å². The molecule has 0 radical (unpaired) electrons. The minimum absolute atomic E-state index is 0.0229. The fraction of sp³-hybridized carbons (Fsp3) is 0.182. The van der Waals surface area contributed by atoms with E-state index in [1.807, 2.05) is 6.07 Å². The Morgan fingerprint density at radius 3 is 2.30 bits per heavy atom. The van der Waals surface area contributed by atoms with Crippen LogP contribution in [0, 0.1) is 19.8 Å². The Bertz CT molecular complexity index is 1850. The van der Waals surface area contributed by atoms with Crippen LogP contribution < -0.4 is 20.7 Å². The monoisotopic (exact) mass is 630 g/mol. The average molecular weight is 631 g/mol. The van der Waals surface area contributed by atoms with Crippen LogP contribution in [-0.4, -0.2) is 32.2 Å². The second kappa shape index (κ2) is 12.5. The van der Waals surface area contributed by atoms with Crippen LogP contribution in [0.25, 0.3) is 0 Å². The Morgan fingerprint density at radius 2 is 1.61 bits per heavy atom. The van der Waals surface area contributed by atoms with Gasteiger partial charge in [0.25, 0.3) is 15.9 Å². The number of anilines is 3. The zero-order valence-electron chi connectivity index (χ0n) is 24.1. The number of sulfonamides is 1. The van der Waals surface area contributed by atoms with Crippen molar-refractivity contribution in [2.45, 2.75) is 37.6 Å². The van der Waals surface area contributed by atoms with Crippen molar-refractivity contribution in [1.82, 2.24) is 0 Å². The van der Waals surface area contributed by atoms with E-state index in [2.05, 4.69) is 10.6 Å². The van der Waals surface area contributed by atoms with E-state index in [0.29, 0.717) is 39.5 Å². The van der Waals surface area contributed by atoms with Crippen LogP contribution in [-0.2, 0) is 26.0 Å². The molecule has 0 spiro atoms. The zero-order valence-corrected chi connectivity index (χ0v) is 25.7. The summed E-state index contributed by atoms with van der Waals surface area (Å²) in [6.07, 6.45) is 0.412. The van der Waals surface area contributed by atoms with Crippen molar-refractivity contribution in [2.24, 2.45) is 11.7 Å². The van der Waals surface area contributed by atoms with Gasteiger partial charge >= 0.3 is 0 Å². The number of amides is 3. The van der Waals surface area contributed by atoms with E-state index < -0.39 is 33.8 Å². The summed E-state index contributed by atoms with van der Waals surface area (Å²) in [5.41, 5.74) is 9.27. The van der Waals surface area contributed by atoms with E-state index in [1.54, 1.807) is 92.7 Å². The van der Waals surface area contributed by atoms with Gasteiger partial charge in [0.2, 0.25) is 11.8 Å². The maximum Gasteiger partial charge on any atom is 0.265 e. The van der Waals surface area contributed by atoms with Gasteiger partial charge in [-0.05, 0) is 91.9 Å². The lowest BCUT2D eigenvalue weighted by atomic mass is 9.89. The normalized spacial score (nSPS) is 15.2. The Balaban J connectivity index is 1.44. The highest BCUT2D eigenvalue weighted by Gasteiger charge is 2.47. The van der Waals surface area contributed by atoms with Crippen LogP contribution in [0.3, 0.4) is 0 Å². The van der Waals surface area contributed by atoms with Crippen LogP contribution in [0.4, 0.5) is 17.1 Å². The molecule has 4 aromatic rings. The van der Waals surface area contributed by atoms with Gasteiger partial charge in [0, 0.05) is 16.3 Å². The standard InChI is InChI=1S/C33H31ClN4O5S/c1-20-19-29(21(2)18-26(20)34)44(42,43)38-28-11-7-6-10-27(28)37-33(41)30(38)25(31(35)39)17-14-22-12-15-24(16-13-22)36-32(40)23-8-4-3-5-9-23/h3-13,15-16,18-19,25,30H,14,17H2,1-2H3,(H2,35,39)(H,36,40)(H,37,41). The molecule has 0 saturated heterocycles. The molecule has 4 N–H and O–H groups in total. The summed E-state index contributed by atoms with van der Waals surface area (Å²) in [7, 11) is -4.36. The summed E-state index contributed by atoms with van der Waals surface area (Å²) in [6, 6.07) is 24.0. The summed E-state index contributed by atoms with van der Waals surface area (Å²) < 4.78 is 29.7. The molecule has 1 heterocycles. The minimum atomic E-state index is -4.36. The van der Waals surface area contributed by atoms with E-state index >= 15 is 0 Å². The molecule has 44 heavy (non-hydrogen) atoms. The topological polar surface area (TPSA) is 139 Å². The summed E-state index contributed by atoms with van der Waals surface area (Å²) in [5.74, 6) is -2.87. The van der Waals surface area contributed by atoms with Crippen molar-refractivity contribution in [1.29, 1.82) is 0 Å². The largest absolute Gasteiger partial charge is 0.369 e. The molecule has 0 aliphatic carbocycles. The van der Waals surface area contributed by atoms with E-state index in [-0.39, 0.29) is 22.9 Å². The van der Waals surface area contributed by atoms with Gasteiger partial charge in [-0.2, -0.15) is 0 Å². The third kappa shape index (κ3) is 6.17. The third-order valence-electron chi connectivity index (χ3n) is 7.65. The molecule has 11 heteroatoms. The lowest BCUT2D eigenvalue weighted by Gasteiger charge is -2.40. The molecular formula is C33H31ClN4O5S. The fourth-order valence-corrected chi connectivity index (χ4v) is 7.50. The number of rotatable bonds is 9. The highest BCUT2D eigenvalue weighted by Crippen LogP contribution is 2.40. The number of primary amides is 1. The van der Waals surface area contributed by atoms with Gasteiger partial charge in [0.1, 0.15) is 6.04 Å². The van der Waals surface area contributed by atoms with Crippen molar-refractivity contribution in [3.05, 3.63) is 118 Å². The van der Waals surface area contributed by atoms with Gasteiger partial charge in [0.05, 0.1) is 22.2 Å². The molecule has 5 rings (SSSR count). The molecule has 2 atom stereocenters. The minimum Gasteiger partial charge on any atom is -0.369 e. The second-order valence-corrected chi connectivity index (χ2v) is 12.9. The lowest BCUT2D eigenvalue weighted by Crippen LogP contribution is -2.57. The van der Waals surface area contributed by atoms with Gasteiger partial charge in [-0.15, -0.1) is 0 Å². The first-order valence-electron chi connectivity index (χ1n) is 13.9. The molecule has 2 unspecified atom stereocenters. The molecule has 1 aliphatic heterocycles. The fourth-order valence-electron chi connectivity index (χ4n) is 5.32. The molecule has 0 saturated carbocycles. The molecule has 1 aliphatic rings. The predicted octanol–water partition coefficient (Wildman–Crippen LogP) is 5.46. The first-order valence-corrected chi connectivity index (χ1v) is 15.7. The highest BCUT2D eigenvalue weighted by atomic mass is 35.5. The first-order chi connectivity index (χ1) is 21.0. The Morgan fingerprint density at radius 1 is 0.955 bits per heavy atom. The van der Waals surface area contributed by atoms with E-state index in [4.69, 9.17) is 17.3 Å². The third-order valence-corrected chi connectivity index (χ3v) is 10.00. The molecule has 9 nitrogen and oxygen atoms in total. The van der Waals surface area contributed by atoms with Crippen molar-refractivity contribution < 1.29 is 22.8 Å². The molecule has 0 aromatic heterocycles. The number of carbonyl (C=O) groups is 3. The molecule has 3 amide bonds. The van der Waals surface area contributed by atoms with Gasteiger partial charge < -0.3 is 16.4 Å². The molecule has 0 fully saturated rings. The Hall–Kier alpha value is -4.67. The average Bonchev–Trinajstić information content (AvgIpc) is 3.00.